The van der Waals surface area contributed by atoms with E-state index in [1.54, 1.807) is 0 Å². The summed E-state index contributed by atoms with van der Waals surface area (Å²) in [4.78, 5) is 2.27. The molecule has 0 radical (unpaired) electrons. The van der Waals surface area contributed by atoms with Crippen molar-refractivity contribution in [3.63, 3.8) is 0 Å². The molecule has 7 heteroatoms. The van der Waals surface area contributed by atoms with Crippen LogP contribution in [-0.4, -0.2) is 31.3 Å². The molecular formula is C34H41ClN2O3S. The first-order valence-electron chi connectivity index (χ1n) is 14.9. The van der Waals surface area contributed by atoms with Crippen molar-refractivity contribution in [3.05, 3.63) is 106 Å². The lowest BCUT2D eigenvalue weighted by molar-refractivity contribution is 0.480. The number of nitrogens with zero attached hydrogens (tertiary/aromatic N) is 1. The highest BCUT2D eigenvalue weighted by Gasteiger charge is 2.39. The number of rotatable bonds is 8. The van der Waals surface area contributed by atoms with Crippen molar-refractivity contribution in [2.75, 3.05) is 22.5 Å². The van der Waals surface area contributed by atoms with Gasteiger partial charge in [-0.25, -0.2) is 0 Å². The third-order valence-corrected chi connectivity index (χ3v) is 10.0. The van der Waals surface area contributed by atoms with Crippen LogP contribution < -0.4 is 10.2 Å². The molecule has 218 valence electrons. The third kappa shape index (κ3) is 6.06. The molecule has 2 heterocycles. The molecular weight excluding hydrogens is 552 g/mol. The van der Waals surface area contributed by atoms with Gasteiger partial charge in [-0.1, -0.05) is 93.9 Å². The molecule has 0 saturated heterocycles. The summed E-state index contributed by atoms with van der Waals surface area (Å²) in [5, 5.41) is 4.17. The van der Waals surface area contributed by atoms with Gasteiger partial charge in [0.05, 0.1) is 13.1 Å². The van der Waals surface area contributed by atoms with Crippen molar-refractivity contribution >= 4 is 33.1 Å². The van der Waals surface area contributed by atoms with Crippen LogP contribution in [-0.2, 0) is 20.9 Å². The van der Waals surface area contributed by atoms with E-state index in [1.807, 2.05) is 36.4 Å². The van der Waals surface area contributed by atoms with E-state index in [0.717, 1.165) is 58.1 Å². The Hall–Kier alpha value is -2.80. The van der Waals surface area contributed by atoms with E-state index < -0.39 is 21.6 Å². The number of allylic oxidation sites excluding steroid dienone is 7. The van der Waals surface area contributed by atoms with Crippen molar-refractivity contribution < 1.29 is 14.3 Å². The van der Waals surface area contributed by atoms with Gasteiger partial charge < -0.3 is 10.2 Å². The van der Waals surface area contributed by atoms with Crippen LogP contribution in [0.15, 0.2) is 94.7 Å². The van der Waals surface area contributed by atoms with Gasteiger partial charge in [0.2, 0.25) is 0 Å². The lowest BCUT2D eigenvalue weighted by atomic mass is 9.80. The lowest BCUT2D eigenvalue weighted by Gasteiger charge is -2.27. The highest BCUT2D eigenvalue weighted by atomic mass is 35.5. The number of nitrogens with one attached hydrogen (secondary N) is 1. The first-order chi connectivity index (χ1) is 19.7. The predicted octanol–water partition coefficient (Wildman–Crippen LogP) is 8.27. The summed E-state index contributed by atoms with van der Waals surface area (Å²) in [6.45, 7) is 9.28. The van der Waals surface area contributed by atoms with Gasteiger partial charge >= 0.3 is 0 Å². The van der Waals surface area contributed by atoms with E-state index >= 15 is 0 Å². The molecule has 2 aromatic carbocycles. The Morgan fingerprint density at radius 3 is 2.49 bits per heavy atom. The zero-order valence-corrected chi connectivity index (χ0v) is 25.9. The van der Waals surface area contributed by atoms with Gasteiger partial charge in [0, 0.05) is 39.5 Å². The summed E-state index contributed by atoms with van der Waals surface area (Å²) < 4.78 is 40.9. The van der Waals surface area contributed by atoms with Gasteiger partial charge in [0.15, 0.2) is 0 Å². The smallest absolute Gasteiger partial charge is 0.264 e. The zero-order chi connectivity index (χ0) is 30.3. The number of para-hydroxylation sites is 2. The van der Waals surface area contributed by atoms with Crippen molar-refractivity contribution in [2.24, 2.45) is 0 Å². The quantitative estimate of drug-likeness (QED) is 0.238. The first kappa shape index (κ1) is 28.3. The molecule has 2 aliphatic heterocycles. The van der Waals surface area contributed by atoms with Crippen molar-refractivity contribution in [3.8, 4) is 0 Å². The van der Waals surface area contributed by atoms with Gasteiger partial charge in [-0.15, -0.1) is 0 Å². The predicted molar refractivity (Wildman–Crippen MR) is 171 cm³/mol. The van der Waals surface area contributed by atoms with Crippen LogP contribution in [0.3, 0.4) is 0 Å². The fourth-order valence-corrected chi connectivity index (χ4v) is 7.23. The molecule has 0 bridgehead atoms. The van der Waals surface area contributed by atoms with Crippen LogP contribution in [0.2, 0.25) is 0 Å². The topological polar surface area (TPSA) is 69.6 Å². The van der Waals surface area contributed by atoms with E-state index in [4.69, 9.17) is 16.2 Å². The molecule has 3 aliphatic rings. The Balaban J connectivity index is 1.42. The maximum absolute atomic E-state index is 11.2. The van der Waals surface area contributed by atoms with E-state index in [-0.39, 0.29) is 11.2 Å². The average Bonchev–Trinajstić information content (AvgIpc) is 3.27. The van der Waals surface area contributed by atoms with Gasteiger partial charge in [-0.3, -0.25) is 4.55 Å². The monoisotopic (exact) mass is 593 g/mol. The summed E-state index contributed by atoms with van der Waals surface area (Å²) in [6.07, 6.45) is 12.0. The number of hydrogen-bond donors (Lipinski definition) is 2. The molecule has 5 nitrogen and oxygen atoms in total. The second-order valence-electron chi connectivity index (χ2n) is 12.3. The number of benzene rings is 2. The molecule has 0 amide bonds. The average molecular weight is 594 g/mol. The van der Waals surface area contributed by atoms with Crippen LogP contribution in [0.1, 0.15) is 72.3 Å². The van der Waals surface area contributed by atoms with E-state index in [1.165, 1.54) is 5.56 Å². The highest BCUT2D eigenvalue weighted by molar-refractivity contribution is 7.85. The van der Waals surface area contributed by atoms with E-state index in [9.17, 15) is 9.79 Å². The molecule has 2 N–H and O–H groups in total. The van der Waals surface area contributed by atoms with Crippen LogP contribution in [0.5, 0.6) is 0 Å². The number of hydrogen-bond acceptors (Lipinski definition) is 4. The normalized spacial score (nSPS) is 25.5. The van der Waals surface area contributed by atoms with Crippen molar-refractivity contribution in [1.29, 1.82) is 0 Å². The SMILES string of the molecule is [2H]C1(/C=C/C2=C(Cl)C(=C/C=C3/N(CCCCS(=O)(=O)O)c4ccccc4C3(C)C)/CCC2)Nc2ccccc2C1(C)C. The Kier molecular flexibility index (Phi) is 7.92. The van der Waals surface area contributed by atoms with Crippen LogP contribution in [0, 0.1) is 0 Å². The Bertz CT molecular complexity index is 1610. The van der Waals surface area contributed by atoms with Gasteiger partial charge in [0.1, 0.15) is 0 Å². The minimum atomic E-state index is -3.97. The Morgan fingerprint density at radius 2 is 1.76 bits per heavy atom. The van der Waals surface area contributed by atoms with E-state index in [0.29, 0.717) is 19.4 Å². The van der Waals surface area contributed by atoms with Gasteiger partial charge in [0.25, 0.3) is 10.1 Å². The number of anilines is 2. The fourth-order valence-electron chi connectivity index (χ4n) is 6.34. The fraction of sp³-hybridized carbons (Fsp3) is 0.412. The third-order valence-electron chi connectivity index (χ3n) is 8.73. The van der Waals surface area contributed by atoms with E-state index in [2.05, 4.69) is 74.3 Å². The molecule has 0 fully saturated rings. The summed E-state index contributed by atoms with van der Waals surface area (Å²) in [5.41, 5.74) is 7.11. The number of halogens is 1. The van der Waals surface area contributed by atoms with Crippen molar-refractivity contribution in [2.45, 2.75) is 76.6 Å². The Labute approximate surface area is 251 Å². The molecule has 5 rings (SSSR count). The standard InChI is InChI=1S/C34H41ClN2O3S/c1-33(2)26-14-5-7-16-28(26)36-30(33)20-18-24-12-11-13-25(32(24)35)19-21-31-34(3,4)27-15-6-8-17-29(27)37(31)22-9-10-23-41(38,39)40/h5-8,14-21,30,36H,9-13,22-23H2,1-4H3,(H,38,39,40)/b20-18+,25-19+,31-21+/i30D. The first-order valence-corrected chi connectivity index (χ1v) is 16.4. The minimum absolute atomic E-state index is 0.232. The molecule has 1 unspecified atom stereocenters. The molecule has 0 aromatic heterocycles. The molecule has 1 aliphatic carbocycles. The van der Waals surface area contributed by atoms with Gasteiger partial charge in [-0.05, 0) is 72.6 Å². The number of unbranched alkanes of at least 4 members (excludes halogenated alkanes) is 1. The zero-order valence-electron chi connectivity index (χ0n) is 25.4. The highest BCUT2D eigenvalue weighted by Crippen LogP contribution is 2.48. The molecule has 0 saturated carbocycles. The van der Waals surface area contributed by atoms with Crippen molar-refractivity contribution in [1.82, 2.24) is 0 Å². The summed E-state index contributed by atoms with van der Waals surface area (Å²) in [7, 11) is -3.97. The van der Waals surface area contributed by atoms with Crippen LogP contribution in [0.4, 0.5) is 11.4 Å². The van der Waals surface area contributed by atoms with Crippen LogP contribution in [0.25, 0.3) is 0 Å². The maximum atomic E-state index is 11.2. The molecule has 41 heavy (non-hydrogen) atoms. The largest absolute Gasteiger partial charge is 0.378 e. The minimum Gasteiger partial charge on any atom is -0.378 e. The summed E-state index contributed by atoms with van der Waals surface area (Å²) in [5.74, 6) is -0.232. The second-order valence-corrected chi connectivity index (χ2v) is 14.2. The Morgan fingerprint density at radius 1 is 1.05 bits per heavy atom. The second kappa shape index (κ2) is 11.5. The number of fused-ring (bicyclic) bond motifs is 2. The molecule has 0 spiro atoms. The molecule has 2 aromatic rings. The maximum Gasteiger partial charge on any atom is 0.264 e. The summed E-state index contributed by atoms with van der Waals surface area (Å²) >= 11 is 7.02. The van der Waals surface area contributed by atoms with Crippen LogP contribution >= 0.6 is 11.6 Å². The lowest BCUT2D eigenvalue weighted by Crippen LogP contribution is -2.31. The molecule has 1 atom stereocenters. The van der Waals surface area contributed by atoms with Gasteiger partial charge in [-0.2, -0.15) is 8.42 Å². The summed E-state index contributed by atoms with van der Waals surface area (Å²) in [6, 6.07) is 15.5.